The van der Waals surface area contributed by atoms with Gasteiger partial charge in [-0.15, -0.1) is 6.42 Å². The summed E-state index contributed by atoms with van der Waals surface area (Å²) in [6.45, 7) is 0.666. The molecule has 0 heterocycles. The molecule has 5 heteroatoms. The number of fused-ring (bicyclic) bond motifs is 1. The van der Waals surface area contributed by atoms with Crippen molar-refractivity contribution in [3.63, 3.8) is 0 Å². The number of aliphatic carboxylic acids is 2. The Hall–Kier alpha value is -2.58. The molecule has 110 valence electrons. The van der Waals surface area contributed by atoms with Crippen molar-refractivity contribution in [1.82, 2.24) is 5.32 Å². The van der Waals surface area contributed by atoms with Gasteiger partial charge in [0.2, 0.25) is 0 Å². The fourth-order valence-electron chi connectivity index (χ4n) is 2.09. The van der Waals surface area contributed by atoms with Crippen LogP contribution >= 0.6 is 0 Å². The highest BCUT2D eigenvalue weighted by Gasteiger charge is 2.20. The zero-order valence-electron chi connectivity index (χ0n) is 11.5. The van der Waals surface area contributed by atoms with E-state index in [1.807, 2.05) is 0 Å². The van der Waals surface area contributed by atoms with Gasteiger partial charge in [-0.25, -0.2) is 9.59 Å². The van der Waals surface area contributed by atoms with E-state index in [4.69, 9.17) is 16.6 Å². The van der Waals surface area contributed by atoms with Crippen molar-refractivity contribution < 1.29 is 19.8 Å². The van der Waals surface area contributed by atoms with Crippen LogP contribution in [0.15, 0.2) is 36.4 Å². The van der Waals surface area contributed by atoms with E-state index in [1.54, 1.807) is 0 Å². The average Bonchev–Trinajstić information content (AvgIpc) is 2.87. The molecular weight excluding hydrogens is 270 g/mol. The number of terminal acetylenes is 1. The lowest BCUT2D eigenvalue weighted by atomic mass is 10.1. The van der Waals surface area contributed by atoms with Crippen LogP contribution in [0.2, 0.25) is 0 Å². The van der Waals surface area contributed by atoms with Gasteiger partial charge in [0, 0.05) is 18.2 Å². The van der Waals surface area contributed by atoms with E-state index in [1.165, 1.54) is 24.0 Å². The molecule has 1 aromatic carbocycles. The number of carboxylic acid groups (broad SMARTS) is 2. The molecule has 3 N–H and O–H groups in total. The smallest absolute Gasteiger partial charge is 0.328 e. The normalized spacial score (nSPS) is 15.7. The molecule has 0 aromatic heterocycles. The molecule has 21 heavy (non-hydrogen) atoms. The first-order valence-electron chi connectivity index (χ1n) is 6.43. The first kappa shape index (κ1) is 16.5. The Morgan fingerprint density at radius 2 is 1.90 bits per heavy atom. The van der Waals surface area contributed by atoms with Crippen molar-refractivity contribution in [2.75, 3.05) is 6.54 Å². The van der Waals surface area contributed by atoms with Gasteiger partial charge in [-0.1, -0.05) is 30.2 Å². The second-order valence-corrected chi connectivity index (χ2v) is 4.38. The topological polar surface area (TPSA) is 86.6 Å². The predicted molar refractivity (Wildman–Crippen MR) is 78.8 cm³/mol. The molecule has 1 atom stereocenters. The van der Waals surface area contributed by atoms with Crippen LogP contribution in [0.25, 0.3) is 0 Å². The molecule has 5 nitrogen and oxygen atoms in total. The largest absolute Gasteiger partial charge is 0.478 e. The third-order valence-electron chi connectivity index (χ3n) is 2.95. The van der Waals surface area contributed by atoms with E-state index < -0.39 is 11.9 Å². The number of rotatable bonds is 4. The van der Waals surface area contributed by atoms with Gasteiger partial charge in [-0.2, -0.15) is 0 Å². The number of hydrogen-bond donors (Lipinski definition) is 3. The maximum absolute atomic E-state index is 9.55. The van der Waals surface area contributed by atoms with E-state index in [9.17, 15) is 9.59 Å². The summed E-state index contributed by atoms with van der Waals surface area (Å²) in [6, 6.07) is 9.06. The van der Waals surface area contributed by atoms with Crippen molar-refractivity contribution in [2.24, 2.45) is 0 Å². The summed E-state index contributed by atoms with van der Waals surface area (Å²) >= 11 is 0. The van der Waals surface area contributed by atoms with Gasteiger partial charge < -0.3 is 10.2 Å². The Morgan fingerprint density at radius 3 is 2.48 bits per heavy atom. The summed E-state index contributed by atoms with van der Waals surface area (Å²) in [7, 11) is 0. The number of carboxylic acids is 2. The quantitative estimate of drug-likeness (QED) is 0.578. The molecule has 1 aliphatic rings. The number of benzene rings is 1. The summed E-state index contributed by atoms with van der Waals surface area (Å²) in [5, 5.41) is 19.0. The minimum Gasteiger partial charge on any atom is -0.478 e. The highest BCUT2D eigenvalue weighted by Crippen LogP contribution is 2.30. The van der Waals surface area contributed by atoms with Crippen LogP contribution in [-0.4, -0.2) is 28.7 Å². The molecular formula is C16H17NO4. The standard InChI is InChI=1S/C12H13N.C4H4O4/c1-2-9-13-12-8-7-10-5-3-4-6-11(10)12;5-3(6)1-2-4(7)8/h1,3-6,12-13H,7-9H2;1-2H,(H,5,6)(H,7,8)/b;2-1+. The Balaban J connectivity index is 0.000000240. The fourth-order valence-corrected chi connectivity index (χ4v) is 2.09. The van der Waals surface area contributed by atoms with Crippen molar-refractivity contribution in [3.05, 3.63) is 47.5 Å². The Kier molecular flexibility index (Phi) is 6.72. The lowest BCUT2D eigenvalue weighted by molar-refractivity contribution is -0.134. The molecule has 2 rings (SSSR count). The molecule has 1 unspecified atom stereocenters. The highest BCUT2D eigenvalue weighted by molar-refractivity contribution is 5.89. The maximum atomic E-state index is 9.55. The zero-order valence-corrected chi connectivity index (χ0v) is 11.5. The molecule has 0 saturated heterocycles. The van der Waals surface area contributed by atoms with Gasteiger partial charge in [0.15, 0.2) is 0 Å². The molecule has 0 amide bonds. The first-order chi connectivity index (χ1) is 10.0. The second kappa shape index (κ2) is 8.56. The van der Waals surface area contributed by atoms with Crippen molar-refractivity contribution in [3.8, 4) is 12.3 Å². The molecule has 0 saturated carbocycles. The monoisotopic (exact) mass is 287 g/mol. The van der Waals surface area contributed by atoms with Crippen LogP contribution in [0, 0.1) is 12.3 Å². The lowest BCUT2D eigenvalue weighted by Crippen LogP contribution is -2.19. The van der Waals surface area contributed by atoms with Crippen LogP contribution < -0.4 is 5.32 Å². The van der Waals surface area contributed by atoms with Crippen LogP contribution in [0.5, 0.6) is 0 Å². The van der Waals surface area contributed by atoms with E-state index in [0.717, 1.165) is 0 Å². The Morgan fingerprint density at radius 1 is 1.29 bits per heavy atom. The van der Waals surface area contributed by atoms with E-state index in [0.29, 0.717) is 24.7 Å². The van der Waals surface area contributed by atoms with Crippen LogP contribution in [0.3, 0.4) is 0 Å². The number of aryl methyl sites for hydroxylation is 1. The Labute approximate surface area is 123 Å². The van der Waals surface area contributed by atoms with Gasteiger partial charge in [0.05, 0.1) is 6.54 Å². The van der Waals surface area contributed by atoms with E-state index in [-0.39, 0.29) is 0 Å². The van der Waals surface area contributed by atoms with E-state index >= 15 is 0 Å². The molecule has 1 aliphatic carbocycles. The van der Waals surface area contributed by atoms with Crippen molar-refractivity contribution in [2.45, 2.75) is 18.9 Å². The van der Waals surface area contributed by atoms with Crippen molar-refractivity contribution in [1.29, 1.82) is 0 Å². The summed E-state index contributed by atoms with van der Waals surface area (Å²) < 4.78 is 0. The van der Waals surface area contributed by atoms with Crippen molar-refractivity contribution >= 4 is 11.9 Å². The van der Waals surface area contributed by atoms with Gasteiger partial charge in [-0.05, 0) is 24.0 Å². The fraction of sp³-hybridized carbons (Fsp3) is 0.250. The SMILES string of the molecule is C#CCNC1CCc2ccccc21.O=C(O)/C=C/C(=O)O. The molecule has 0 spiro atoms. The molecule has 0 radical (unpaired) electrons. The third kappa shape index (κ3) is 5.93. The first-order valence-corrected chi connectivity index (χ1v) is 6.43. The summed E-state index contributed by atoms with van der Waals surface area (Å²) in [6.07, 6.45) is 8.69. The molecule has 0 fully saturated rings. The number of carbonyl (C=O) groups is 2. The zero-order chi connectivity index (χ0) is 15.7. The maximum Gasteiger partial charge on any atom is 0.328 e. The van der Waals surface area contributed by atoms with Crippen LogP contribution in [-0.2, 0) is 16.0 Å². The highest BCUT2D eigenvalue weighted by atomic mass is 16.4. The summed E-state index contributed by atoms with van der Waals surface area (Å²) in [4.78, 5) is 19.1. The average molecular weight is 287 g/mol. The lowest BCUT2D eigenvalue weighted by Gasteiger charge is -2.10. The van der Waals surface area contributed by atoms with Crippen LogP contribution in [0.4, 0.5) is 0 Å². The second-order valence-electron chi connectivity index (χ2n) is 4.38. The minimum atomic E-state index is -1.26. The van der Waals surface area contributed by atoms with Gasteiger partial charge in [0.1, 0.15) is 0 Å². The molecule has 0 aliphatic heterocycles. The third-order valence-corrected chi connectivity index (χ3v) is 2.95. The molecule has 1 aromatic rings. The van der Waals surface area contributed by atoms with Gasteiger partial charge >= 0.3 is 11.9 Å². The summed E-state index contributed by atoms with van der Waals surface area (Å²) in [5.41, 5.74) is 2.90. The minimum absolute atomic E-state index is 0.479. The molecule has 0 bridgehead atoms. The van der Waals surface area contributed by atoms with E-state index in [2.05, 4.69) is 35.5 Å². The van der Waals surface area contributed by atoms with Gasteiger partial charge in [-0.3, -0.25) is 5.32 Å². The number of nitrogens with one attached hydrogen (secondary N) is 1. The predicted octanol–water partition coefficient (Wildman–Crippen LogP) is 1.61. The summed E-state index contributed by atoms with van der Waals surface area (Å²) in [5.74, 6) is 0.100. The van der Waals surface area contributed by atoms with Crippen LogP contribution in [0.1, 0.15) is 23.6 Å². The Bertz CT molecular complexity index is 556. The number of hydrogen-bond acceptors (Lipinski definition) is 3. The van der Waals surface area contributed by atoms with Gasteiger partial charge in [0.25, 0.3) is 0 Å².